The minimum atomic E-state index is -6.45. The molecule has 0 radical (unpaired) electrons. The Hall–Kier alpha value is -4.20. The van der Waals surface area contributed by atoms with Crippen molar-refractivity contribution >= 4 is 11.9 Å². The molecule has 0 N–H and O–H groups in total. The smallest absolute Gasteiger partial charge is 0.459 e. The highest BCUT2D eigenvalue weighted by atomic mass is 19.4. The first kappa shape index (κ1) is 39.2. The zero-order valence-electron chi connectivity index (χ0n) is 26.8. The fraction of sp³-hybridized carbons (Fsp3) is 0.429. The van der Waals surface area contributed by atoms with Gasteiger partial charge in [-0.3, -0.25) is 0 Å². The maximum Gasteiger partial charge on any atom is 0.459 e. The quantitative estimate of drug-likeness (QED) is 0.0569. The summed E-state index contributed by atoms with van der Waals surface area (Å²) in [7, 11) is 0. The molecule has 1 unspecified atom stereocenters. The molecular formula is C35H36F8O6. The summed E-state index contributed by atoms with van der Waals surface area (Å²) in [5.41, 5.74) is 1.83. The van der Waals surface area contributed by atoms with E-state index >= 15 is 0 Å². The average molecular weight is 705 g/mol. The molecule has 1 atom stereocenters. The van der Waals surface area contributed by atoms with E-state index in [0.717, 1.165) is 55.4 Å². The minimum absolute atomic E-state index is 0.164. The van der Waals surface area contributed by atoms with Gasteiger partial charge in [0, 0.05) is 6.42 Å². The second-order valence-corrected chi connectivity index (χ2v) is 11.2. The number of ether oxygens (including phenoxy) is 4. The van der Waals surface area contributed by atoms with E-state index in [1.54, 1.807) is 36.4 Å². The number of carbonyl (C=O) groups excluding carboxylic acids is 2. The number of carbonyl (C=O) groups is 2. The first-order valence-corrected chi connectivity index (χ1v) is 15.5. The fourth-order valence-electron chi connectivity index (χ4n) is 4.43. The van der Waals surface area contributed by atoms with Crippen molar-refractivity contribution in [2.24, 2.45) is 0 Å². The molecule has 0 aliphatic heterocycles. The second-order valence-electron chi connectivity index (χ2n) is 11.2. The molecule has 0 aromatic heterocycles. The van der Waals surface area contributed by atoms with Crippen molar-refractivity contribution in [3.63, 3.8) is 0 Å². The van der Waals surface area contributed by atoms with Gasteiger partial charge in [-0.25, -0.2) is 14.0 Å². The third-order valence-corrected chi connectivity index (χ3v) is 7.25. The number of hydrogen-bond acceptors (Lipinski definition) is 6. The van der Waals surface area contributed by atoms with Crippen molar-refractivity contribution in [1.82, 2.24) is 0 Å². The molecule has 3 aromatic carbocycles. The van der Waals surface area contributed by atoms with E-state index in [-0.39, 0.29) is 36.2 Å². The predicted octanol–water partition coefficient (Wildman–Crippen LogP) is 9.85. The highest BCUT2D eigenvalue weighted by molar-refractivity contribution is 5.91. The number of alkyl halides is 7. The lowest BCUT2D eigenvalue weighted by Crippen LogP contribution is -2.54. The van der Waals surface area contributed by atoms with Crippen LogP contribution in [-0.2, 0) is 9.47 Å². The normalized spacial score (nSPS) is 12.8. The van der Waals surface area contributed by atoms with Crippen molar-refractivity contribution in [1.29, 1.82) is 0 Å². The minimum Gasteiger partial charge on any atom is -0.490 e. The molecule has 49 heavy (non-hydrogen) atoms. The summed E-state index contributed by atoms with van der Waals surface area (Å²) < 4.78 is 123. The van der Waals surface area contributed by atoms with Gasteiger partial charge in [0.2, 0.25) is 0 Å². The van der Waals surface area contributed by atoms with E-state index in [1.165, 1.54) is 18.2 Å². The van der Waals surface area contributed by atoms with E-state index in [9.17, 15) is 44.7 Å². The number of esters is 2. The number of unbranched alkanes of at least 4 members (excludes halogenated alkanes) is 3. The van der Waals surface area contributed by atoms with Crippen molar-refractivity contribution in [2.45, 2.75) is 76.5 Å². The molecule has 0 aliphatic carbocycles. The Bertz CT molecular complexity index is 1510. The molecule has 0 saturated carbocycles. The maximum atomic E-state index is 14.5. The zero-order valence-corrected chi connectivity index (χ0v) is 26.8. The van der Waals surface area contributed by atoms with Crippen molar-refractivity contribution in [3.8, 4) is 22.6 Å². The number of halogens is 8. The SMILES string of the molecule is CCCCCCC(C)OC(=O)c1ccc(-c2ccc(OC(=O)c3ccc(OCCCOCC(F)(F)C(F)(F)C(F)(F)F)c(F)c3)cc2)cc1. The third-order valence-electron chi connectivity index (χ3n) is 7.25. The summed E-state index contributed by atoms with van der Waals surface area (Å²) in [5, 5.41) is 0. The summed E-state index contributed by atoms with van der Waals surface area (Å²) in [5.74, 6) is -14.2. The zero-order chi connectivity index (χ0) is 36.2. The van der Waals surface area contributed by atoms with E-state index in [1.807, 2.05) is 6.92 Å². The molecule has 0 bridgehead atoms. The highest BCUT2D eigenvalue weighted by Crippen LogP contribution is 2.46. The molecule has 14 heteroatoms. The molecule has 3 rings (SSSR count). The molecule has 0 aliphatic rings. The van der Waals surface area contributed by atoms with Crippen LogP contribution in [0.4, 0.5) is 35.1 Å². The highest BCUT2D eigenvalue weighted by Gasteiger charge is 2.72. The Morgan fingerprint density at radius 1 is 0.735 bits per heavy atom. The van der Waals surface area contributed by atoms with E-state index in [2.05, 4.69) is 11.7 Å². The number of benzene rings is 3. The van der Waals surface area contributed by atoms with Gasteiger partial charge in [0.25, 0.3) is 0 Å². The number of hydrogen-bond donors (Lipinski definition) is 0. The molecule has 0 fully saturated rings. The standard InChI is InChI=1S/C35H36F8O6/c1-3-4-5-6-8-23(2)48-31(44)26-11-9-24(10-12-26)25-13-16-28(17-14-25)49-32(45)27-15-18-30(29(36)21-27)47-20-7-19-46-22-33(37,38)34(39,40)35(41,42)43/h9-18,21,23H,3-8,19-20,22H2,1-2H3. The summed E-state index contributed by atoms with van der Waals surface area (Å²) in [6.07, 6.45) is -1.69. The van der Waals surface area contributed by atoms with Crippen molar-refractivity contribution in [3.05, 3.63) is 83.7 Å². The Morgan fingerprint density at radius 2 is 1.35 bits per heavy atom. The molecule has 0 amide bonds. The van der Waals surface area contributed by atoms with Crippen LogP contribution in [0.1, 0.15) is 73.1 Å². The molecule has 0 spiro atoms. The van der Waals surface area contributed by atoms with Gasteiger partial charge in [0.05, 0.1) is 30.4 Å². The molecular weight excluding hydrogens is 668 g/mol. The second kappa shape index (κ2) is 17.5. The lowest BCUT2D eigenvalue weighted by atomic mass is 10.0. The average Bonchev–Trinajstić information content (AvgIpc) is 3.05. The summed E-state index contributed by atoms with van der Waals surface area (Å²) in [4.78, 5) is 25.0. The Labute approximate surface area is 278 Å². The van der Waals surface area contributed by atoms with Gasteiger partial charge in [-0.1, -0.05) is 50.5 Å². The molecule has 3 aromatic rings. The molecule has 6 nitrogen and oxygen atoms in total. The Morgan fingerprint density at radius 3 is 1.94 bits per heavy atom. The van der Waals surface area contributed by atoms with E-state index in [4.69, 9.17) is 14.2 Å². The lowest BCUT2D eigenvalue weighted by Gasteiger charge is -2.27. The lowest BCUT2D eigenvalue weighted by molar-refractivity contribution is -0.361. The van der Waals surface area contributed by atoms with Gasteiger partial charge in [0.15, 0.2) is 11.6 Å². The van der Waals surface area contributed by atoms with E-state index in [0.29, 0.717) is 5.56 Å². The van der Waals surface area contributed by atoms with Gasteiger partial charge >= 0.3 is 30.0 Å². The first-order chi connectivity index (χ1) is 23.1. The van der Waals surface area contributed by atoms with Crippen LogP contribution in [0, 0.1) is 5.82 Å². The van der Waals surface area contributed by atoms with Crippen LogP contribution in [0.5, 0.6) is 11.5 Å². The van der Waals surface area contributed by atoms with E-state index < -0.39 is 49.0 Å². The fourth-order valence-corrected chi connectivity index (χ4v) is 4.43. The Balaban J connectivity index is 1.45. The van der Waals surface area contributed by atoms with Crippen LogP contribution >= 0.6 is 0 Å². The largest absolute Gasteiger partial charge is 0.490 e. The predicted molar refractivity (Wildman–Crippen MR) is 164 cm³/mol. The molecule has 0 saturated heterocycles. The summed E-state index contributed by atoms with van der Waals surface area (Å²) >= 11 is 0. The number of rotatable bonds is 18. The monoisotopic (exact) mass is 704 g/mol. The summed E-state index contributed by atoms with van der Waals surface area (Å²) in [6, 6.07) is 16.4. The van der Waals surface area contributed by atoms with Crippen LogP contribution in [0.3, 0.4) is 0 Å². The van der Waals surface area contributed by atoms with Crippen LogP contribution < -0.4 is 9.47 Å². The van der Waals surface area contributed by atoms with Gasteiger partial charge in [0.1, 0.15) is 12.4 Å². The van der Waals surface area contributed by atoms with Crippen LogP contribution in [0.15, 0.2) is 66.7 Å². The van der Waals surface area contributed by atoms with Gasteiger partial charge in [-0.15, -0.1) is 0 Å². The van der Waals surface area contributed by atoms with Crippen molar-refractivity contribution < 1.29 is 63.7 Å². The van der Waals surface area contributed by atoms with Crippen LogP contribution in [0.2, 0.25) is 0 Å². The molecule has 268 valence electrons. The topological polar surface area (TPSA) is 71.1 Å². The maximum absolute atomic E-state index is 14.5. The van der Waals surface area contributed by atoms with Crippen LogP contribution in [0.25, 0.3) is 11.1 Å². The van der Waals surface area contributed by atoms with Crippen molar-refractivity contribution in [2.75, 3.05) is 19.8 Å². The van der Waals surface area contributed by atoms with Gasteiger partial charge in [-0.2, -0.15) is 30.7 Å². The summed E-state index contributed by atoms with van der Waals surface area (Å²) in [6.45, 7) is 0.790. The van der Waals surface area contributed by atoms with Gasteiger partial charge < -0.3 is 18.9 Å². The first-order valence-electron chi connectivity index (χ1n) is 15.5. The molecule has 0 heterocycles. The van der Waals surface area contributed by atoms with Crippen LogP contribution in [-0.4, -0.2) is 55.9 Å². The Kier molecular flexibility index (Phi) is 14.0. The third kappa shape index (κ3) is 11.2. The van der Waals surface area contributed by atoms with Gasteiger partial charge in [-0.05, 0) is 73.4 Å².